The van der Waals surface area contributed by atoms with Crippen molar-refractivity contribution in [2.75, 3.05) is 12.3 Å². The molecule has 0 aliphatic heterocycles. The van der Waals surface area contributed by atoms with E-state index in [0.717, 1.165) is 0 Å². The molecule has 1 rings (SSSR count). The molecule has 5 heteroatoms. The van der Waals surface area contributed by atoms with Gasteiger partial charge in [0.2, 0.25) is 0 Å². The summed E-state index contributed by atoms with van der Waals surface area (Å²) in [7, 11) is 0. The minimum Gasteiger partial charge on any atom is -0.397 e. The van der Waals surface area contributed by atoms with Crippen molar-refractivity contribution in [3.05, 3.63) is 23.0 Å². The van der Waals surface area contributed by atoms with Crippen LogP contribution in [0.3, 0.4) is 0 Å². The number of aromatic nitrogens is 1. The second-order valence-corrected chi connectivity index (χ2v) is 3.09. The number of hydrogen-bond donors (Lipinski definition) is 2. The first-order chi connectivity index (χ1) is 7.15. The van der Waals surface area contributed by atoms with Crippen LogP contribution in [0, 0.1) is 11.8 Å². The predicted octanol–water partition coefficient (Wildman–Crippen LogP) is 1.07. The Morgan fingerprint density at radius 3 is 3.13 bits per heavy atom. The third kappa shape index (κ3) is 3.15. The van der Waals surface area contributed by atoms with Crippen molar-refractivity contribution < 1.29 is 4.79 Å². The number of pyridine rings is 1. The van der Waals surface area contributed by atoms with Crippen LogP contribution in [0.1, 0.15) is 17.3 Å². The van der Waals surface area contributed by atoms with Gasteiger partial charge in [0.25, 0.3) is 5.91 Å². The quantitative estimate of drug-likeness (QED) is 0.582. The van der Waals surface area contributed by atoms with Crippen LogP contribution in [0.25, 0.3) is 0 Å². The molecule has 0 radical (unpaired) electrons. The first-order valence-corrected chi connectivity index (χ1v) is 4.61. The van der Waals surface area contributed by atoms with Gasteiger partial charge in [-0.25, -0.2) is 4.98 Å². The van der Waals surface area contributed by atoms with Crippen LogP contribution in [0.4, 0.5) is 5.69 Å². The Hall–Kier alpha value is -1.73. The first-order valence-electron chi connectivity index (χ1n) is 4.24. The number of anilines is 1. The number of nitrogens with zero attached hydrogens (tertiary/aromatic N) is 1. The molecule has 78 valence electrons. The molecular formula is C10H10ClN3O. The van der Waals surface area contributed by atoms with E-state index in [1.165, 1.54) is 12.3 Å². The maximum Gasteiger partial charge on any atom is 0.254 e. The smallest absolute Gasteiger partial charge is 0.254 e. The van der Waals surface area contributed by atoms with Gasteiger partial charge in [-0.05, 0) is 13.0 Å². The fourth-order valence-corrected chi connectivity index (χ4v) is 1.10. The summed E-state index contributed by atoms with van der Waals surface area (Å²) in [6.07, 6.45) is 1.35. The molecule has 1 aromatic heterocycles. The number of carbonyl (C=O) groups is 1. The van der Waals surface area contributed by atoms with E-state index in [1.807, 2.05) is 0 Å². The van der Waals surface area contributed by atoms with Crippen molar-refractivity contribution in [3.8, 4) is 11.8 Å². The number of halogens is 1. The van der Waals surface area contributed by atoms with Crippen LogP contribution < -0.4 is 11.1 Å². The number of nitrogens with one attached hydrogen (secondary N) is 1. The van der Waals surface area contributed by atoms with Gasteiger partial charge in [0.15, 0.2) is 0 Å². The van der Waals surface area contributed by atoms with Gasteiger partial charge in [0.05, 0.1) is 24.0 Å². The molecule has 1 amide bonds. The molecule has 4 nitrogen and oxygen atoms in total. The van der Waals surface area contributed by atoms with Crippen LogP contribution in [0.15, 0.2) is 12.3 Å². The summed E-state index contributed by atoms with van der Waals surface area (Å²) in [6, 6.07) is 1.42. The second kappa shape index (κ2) is 5.23. The number of amides is 1. The average Bonchev–Trinajstić information content (AvgIpc) is 2.22. The Kier molecular flexibility index (Phi) is 3.95. The molecule has 0 aliphatic rings. The lowest BCUT2D eigenvalue weighted by Crippen LogP contribution is -2.24. The van der Waals surface area contributed by atoms with Gasteiger partial charge in [-0.1, -0.05) is 17.5 Å². The average molecular weight is 224 g/mol. The van der Waals surface area contributed by atoms with Gasteiger partial charge in [0, 0.05) is 0 Å². The van der Waals surface area contributed by atoms with E-state index < -0.39 is 0 Å². The zero-order chi connectivity index (χ0) is 11.3. The predicted molar refractivity (Wildman–Crippen MR) is 59.4 cm³/mol. The Balaban J connectivity index is 2.80. The van der Waals surface area contributed by atoms with Crippen molar-refractivity contribution in [2.45, 2.75) is 6.92 Å². The molecule has 0 saturated carbocycles. The normalized spacial score (nSPS) is 8.93. The largest absolute Gasteiger partial charge is 0.397 e. The Labute approximate surface area is 92.8 Å². The maximum atomic E-state index is 11.5. The molecule has 0 unspecified atom stereocenters. The minimum atomic E-state index is -0.306. The van der Waals surface area contributed by atoms with E-state index in [0.29, 0.717) is 11.3 Å². The van der Waals surface area contributed by atoms with E-state index in [4.69, 9.17) is 17.3 Å². The summed E-state index contributed by atoms with van der Waals surface area (Å²) in [5.74, 6) is 5.07. The van der Waals surface area contributed by atoms with Crippen molar-refractivity contribution in [2.24, 2.45) is 0 Å². The van der Waals surface area contributed by atoms with Crippen LogP contribution in [-0.4, -0.2) is 17.4 Å². The molecular weight excluding hydrogens is 214 g/mol. The minimum absolute atomic E-state index is 0.232. The molecule has 0 spiro atoms. The highest BCUT2D eigenvalue weighted by molar-refractivity contribution is 6.29. The third-order valence-corrected chi connectivity index (χ3v) is 1.87. The molecule has 15 heavy (non-hydrogen) atoms. The van der Waals surface area contributed by atoms with E-state index >= 15 is 0 Å². The van der Waals surface area contributed by atoms with Gasteiger partial charge >= 0.3 is 0 Å². The number of nitrogen functional groups attached to an aromatic ring is 1. The zero-order valence-corrected chi connectivity index (χ0v) is 8.93. The summed E-state index contributed by atoms with van der Waals surface area (Å²) in [6.45, 7) is 1.98. The van der Waals surface area contributed by atoms with E-state index in [1.54, 1.807) is 6.92 Å². The van der Waals surface area contributed by atoms with Crippen LogP contribution in [0.5, 0.6) is 0 Å². The number of carbonyl (C=O) groups excluding carboxylic acids is 1. The molecule has 0 aliphatic carbocycles. The topological polar surface area (TPSA) is 68.0 Å². The van der Waals surface area contributed by atoms with Crippen molar-refractivity contribution in [3.63, 3.8) is 0 Å². The summed E-state index contributed by atoms with van der Waals surface area (Å²) >= 11 is 5.65. The standard InChI is InChI=1S/C10H10ClN3O/c1-2-3-4-13-10(15)7-5-9(11)14-6-8(7)12/h5-6H,4,12H2,1H3,(H,13,15). The SMILES string of the molecule is CC#CCNC(=O)c1cc(Cl)ncc1N. The zero-order valence-electron chi connectivity index (χ0n) is 8.17. The van der Waals surface area contributed by atoms with Gasteiger partial charge in [0.1, 0.15) is 5.15 Å². The summed E-state index contributed by atoms with van der Waals surface area (Å²) in [4.78, 5) is 15.3. The Morgan fingerprint density at radius 1 is 1.73 bits per heavy atom. The summed E-state index contributed by atoms with van der Waals surface area (Å²) < 4.78 is 0. The maximum absolute atomic E-state index is 11.5. The van der Waals surface area contributed by atoms with Crippen molar-refractivity contribution >= 4 is 23.2 Å². The van der Waals surface area contributed by atoms with Crippen LogP contribution >= 0.6 is 11.6 Å². The lowest BCUT2D eigenvalue weighted by Gasteiger charge is -2.04. The van der Waals surface area contributed by atoms with Gasteiger partial charge in [-0.15, -0.1) is 5.92 Å². The van der Waals surface area contributed by atoms with E-state index in [9.17, 15) is 4.79 Å². The highest BCUT2D eigenvalue weighted by atomic mass is 35.5. The first kappa shape index (κ1) is 11.3. The Morgan fingerprint density at radius 2 is 2.47 bits per heavy atom. The second-order valence-electron chi connectivity index (χ2n) is 2.70. The summed E-state index contributed by atoms with van der Waals surface area (Å²) in [5, 5.41) is 2.82. The highest BCUT2D eigenvalue weighted by Crippen LogP contribution is 2.14. The fourth-order valence-electron chi connectivity index (χ4n) is 0.945. The molecule has 0 aromatic carbocycles. The van der Waals surface area contributed by atoms with Crippen LogP contribution in [0.2, 0.25) is 5.15 Å². The van der Waals surface area contributed by atoms with Crippen LogP contribution in [-0.2, 0) is 0 Å². The van der Waals surface area contributed by atoms with E-state index in [2.05, 4.69) is 22.1 Å². The molecule has 1 heterocycles. The monoisotopic (exact) mass is 223 g/mol. The fraction of sp³-hybridized carbons (Fsp3) is 0.200. The van der Waals surface area contributed by atoms with Crippen molar-refractivity contribution in [1.29, 1.82) is 0 Å². The number of rotatable bonds is 2. The molecule has 1 aromatic rings. The number of nitrogens with two attached hydrogens (primary N) is 1. The van der Waals surface area contributed by atoms with Gasteiger partial charge in [-0.2, -0.15) is 0 Å². The highest BCUT2D eigenvalue weighted by Gasteiger charge is 2.09. The lowest BCUT2D eigenvalue weighted by atomic mass is 10.2. The molecule has 0 fully saturated rings. The number of hydrogen-bond acceptors (Lipinski definition) is 3. The molecule has 0 bridgehead atoms. The summed E-state index contributed by atoms with van der Waals surface area (Å²) in [5.41, 5.74) is 6.18. The third-order valence-electron chi connectivity index (χ3n) is 1.66. The lowest BCUT2D eigenvalue weighted by molar-refractivity contribution is 0.0959. The van der Waals surface area contributed by atoms with Gasteiger partial charge < -0.3 is 11.1 Å². The Bertz CT molecular complexity index is 434. The van der Waals surface area contributed by atoms with E-state index in [-0.39, 0.29) is 17.6 Å². The molecule has 3 N–H and O–H groups in total. The van der Waals surface area contributed by atoms with Gasteiger partial charge in [-0.3, -0.25) is 4.79 Å². The van der Waals surface area contributed by atoms with Crippen molar-refractivity contribution in [1.82, 2.24) is 10.3 Å². The molecule has 0 saturated heterocycles. The molecule has 0 atom stereocenters.